The van der Waals surface area contributed by atoms with E-state index in [0.29, 0.717) is 22.7 Å². The van der Waals surface area contributed by atoms with Crippen molar-refractivity contribution in [2.75, 3.05) is 17.1 Å². The Morgan fingerprint density at radius 2 is 1.55 bits per heavy atom. The van der Waals surface area contributed by atoms with Gasteiger partial charge in [0.05, 0.1) is 24.5 Å². The van der Waals surface area contributed by atoms with Crippen molar-refractivity contribution in [3.05, 3.63) is 84.4 Å². The number of anilines is 2. The van der Waals surface area contributed by atoms with Crippen LogP contribution >= 0.6 is 0 Å². The number of hydrogen-bond donors (Lipinski definition) is 1. The molecule has 0 radical (unpaired) electrons. The van der Waals surface area contributed by atoms with Gasteiger partial charge in [-0.2, -0.15) is 0 Å². The third kappa shape index (κ3) is 2.93. The van der Waals surface area contributed by atoms with Crippen LogP contribution in [0.2, 0.25) is 0 Å². The summed E-state index contributed by atoms with van der Waals surface area (Å²) in [6.45, 7) is 0. The third-order valence-electron chi connectivity index (χ3n) is 5.71. The van der Waals surface area contributed by atoms with Crippen LogP contribution in [0.15, 0.2) is 78.9 Å². The number of ether oxygens (including phenoxy) is 1. The molecule has 2 aliphatic rings. The summed E-state index contributed by atoms with van der Waals surface area (Å²) in [5.41, 5.74) is 1.58. The number of amides is 2. The fourth-order valence-electron chi connectivity index (χ4n) is 4.32. The lowest BCUT2D eigenvalue weighted by Gasteiger charge is -2.29. The Labute approximate surface area is 179 Å². The normalized spacial score (nSPS) is 22.7. The average Bonchev–Trinajstić information content (AvgIpc) is 3.31. The Balaban J connectivity index is 1.62. The Morgan fingerprint density at radius 1 is 0.871 bits per heavy atom. The highest BCUT2D eigenvalue weighted by molar-refractivity contribution is 6.24. The van der Waals surface area contributed by atoms with E-state index in [1.807, 2.05) is 30.3 Å². The Morgan fingerprint density at radius 3 is 2.29 bits per heavy atom. The van der Waals surface area contributed by atoms with Crippen molar-refractivity contribution < 1.29 is 24.3 Å². The van der Waals surface area contributed by atoms with Crippen LogP contribution < -0.4 is 14.7 Å². The van der Waals surface area contributed by atoms with Gasteiger partial charge in [-0.15, -0.1) is 0 Å². The number of imide groups is 1. The number of hydroxylamine groups is 1. The van der Waals surface area contributed by atoms with Gasteiger partial charge in [-0.25, -0.2) is 9.96 Å². The van der Waals surface area contributed by atoms with E-state index in [1.165, 1.54) is 7.11 Å². The summed E-state index contributed by atoms with van der Waals surface area (Å²) < 4.78 is 5.36. The summed E-state index contributed by atoms with van der Waals surface area (Å²) in [6.07, 6.45) is -1.01. The van der Waals surface area contributed by atoms with E-state index in [2.05, 4.69) is 0 Å². The van der Waals surface area contributed by atoms with Crippen LogP contribution in [0.5, 0.6) is 11.5 Å². The predicted octanol–water partition coefficient (Wildman–Crippen LogP) is 3.45. The smallest absolute Gasteiger partial charge is 0.266 e. The van der Waals surface area contributed by atoms with Gasteiger partial charge in [0.25, 0.3) is 5.91 Å². The highest BCUT2D eigenvalue weighted by atomic mass is 16.7. The first kappa shape index (κ1) is 19.1. The lowest BCUT2D eigenvalue weighted by Crippen LogP contribution is -2.37. The number of phenolic OH excluding ortho intramolecular Hbond substituents is 1. The number of fused-ring (bicyclic) bond motifs is 1. The SMILES string of the molecule is COc1ccccc1N1C(=O)[C@@H]2[C@H](ON(c3ccccc3)[C@H]2c2ccccc2O)C1=O. The first-order chi connectivity index (χ1) is 15.1. The number of methoxy groups -OCH3 is 1. The molecule has 3 atom stereocenters. The molecule has 0 unspecified atom stereocenters. The van der Waals surface area contributed by atoms with E-state index in [1.54, 1.807) is 53.6 Å². The van der Waals surface area contributed by atoms with Crippen LogP contribution in [-0.4, -0.2) is 30.1 Å². The van der Waals surface area contributed by atoms with Crippen molar-refractivity contribution in [2.24, 2.45) is 5.92 Å². The number of carbonyl (C=O) groups excluding carboxylic acids is 2. The number of benzene rings is 3. The van der Waals surface area contributed by atoms with Gasteiger partial charge in [0, 0.05) is 5.56 Å². The molecule has 0 bridgehead atoms. The quantitative estimate of drug-likeness (QED) is 0.657. The van der Waals surface area contributed by atoms with Gasteiger partial charge < -0.3 is 9.84 Å². The second-order valence-electron chi connectivity index (χ2n) is 7.40. The molecule has 2 heterocycles. The molecule has 0 aliphatic carbocycles. The van der Waals surface area contributed by atoms with Crippen LogP contribution in [0.3, 0.4) is 0 Å². The molecular weight excluding hydrogens is 396 g/mol. The number of para-hydroxylation sites is 4. The number of hydrogen-bond acceptors (Lipinski definition) is 6. The maximum absolute atomic E-state index is 13.6. The zero-order valence-corrected chi connectivity index (χ0v) is 16.7. The third-order valence-corrected chi connectivity index (χ3v) is 5.71. The minimum Gasteiger partial charge on any atom is -0.508 e. The van der Waals surface area contributed by atoms with Gasteiger partial charge in [-0.3, -0.25) is 14.4 Å². The van der Waals surface area contributed by atoms with Crippen molar-refractivity contribution >= 4 is 23.2 Å². The summed E-state index contributed by atoms with van der Waals surface area (Å²) in [5.74, 6) is -1.23. The van der Waals surface area contributed by atoms with Gasteiger partial charge in [0.2, 0.25) is 5.91 Å². The van der Waals surface area contributed by atoms with E-state index in [0.717, 1.165) is 4.90 Å². The molecule has 0 spiro atoms. The van der Waals surface area contributed by atoms with Crippen LogP contribution in [0.1, 0.15) is 11.6 Å². The van der Waals surface area contributed by atoms with Crippen molar-refractivity contribution in [3.8, 4) is 11.5 Å². The lowest BCUT2D eigenvalue weighted by molar-refractivity contribution is -0.126. The van der Waals surface area contributed by atoms with Gasteiger partial charge >= 0.3 is 0 Å². The van der Waals surface area contributed by atoms with Crippen LogP contribution in [0, 0.1) is 5.92 Å². The number of rotatable bonds is 4. The van der Waals surface area contributed by atoms with Crippen LogP contribution in [-0.2, 0) is 14.4 Å². The van der Waals surface area contributed by atoms with Crippen molar-refractivity contribution in [3.63, 3.8) is 0 Å². The Hall–Kier alpha value is -3.84. The number of phenols is 1. The van der Waals surface area contributed by atoms with E-state index in [-0.39, 0.29) is 5.75 Å². The molecule has 156 valence electrons. The van der Waals surface area contributed by atoms with Crippen molar-refractivity contribution in [1.29, 1.82) is 0 Å². The van der Waals surface area contributed by atoms with Gasteiger partial charge in [0.1, 0.15) is 17.4 Å². The first-order valence-corrected chi connectivity index (χ1v) is 9.91. The van der Waals surface area contributed by atoms with Gasteiger partial charge in [0.15, 0.2) is 6.10 Å². The number of carbonyl (C=O) groups is 2. The fourth-order valence-corrected chi connectivity index (χ4v) is 4.32. The average molecular weight is 416 g/mol. The summed E-state index contributed by atoms with van der Waals surface area (Å²) >= 11 is 0. The molecule has 2 aliphatic heterocycles. The molecule has 2 fully saturated rings. The summed E-state index contributed by atoms with van der Waals surface area (Å²) in [6, 6.07) is 22.2. The molecule has 3 aromatic rings. The Kier molecular flexibility index (Phi) is 4.60. The van der Waals surface area contributed by atoms with E-state index in [9.17, 15) is 14.7 Å². The molecule has 31 heavy (non-hydrogen) atoms. The van der Waals surface area contributed by atoms with Gasteiger partial charge in [-0.1, -0.05) is 48.5 Å². The lowest BCUT2D eigenvalue weighted by atomic mass is 9.90. The molecule has 0 aromatic heterocycles. The monoisotopic (exact) mass is 416 g/mol. The minimum absolute atomic E-state index is 0.0358. The molecule has 7 nitrogen and oxygen atoms in total. The number of nitrogens with zero attached hydrogens (tertiary/aromatic N) is 2. The zero-order valence-electron chi connectivity index (χ0n) is 16.7. The predicted molar refractivity (Wildman–Crippen MR) is 114 cm³/mol. The van der Waals surface area contributed by atoms with Crippen molar-refractivity contribution in [1.82, 2.24) is 0 Å². The van der Waals surface area contributed by atoms with Gasteiger partial charge in [-0.05, 0) is 30.3 Å². The van der Waals surface area contributed by atoms with E-state index in [4.69, 9.17) is 9.57 Å². The summed E-state index contributed by atoms with van der Waals surface area (Å²) in [7, 11) is 1.49. The Bertz CT molecular complexity index is 1150. The second kappa shape index (κ2) is 7.45. The van der Waals surface area contributed by atoms with E-state index >= 15 is 0 Å². The maximum Gasteiger partial charge on any atom is 0.266 e. The molecular formula is C24H20N2O5. The molecule has 1 N–H and O–H groups in total. The van der Waals surface area contributed by atoms with Crippen LogP contribution in [0.4, 0.5) is 11.4 Å². The topological polar surface area (TPSA) is 79.3 Å². The minimum atomic E-state index is -1.01. The van der Waals surface area contributed by atoms with E-state index < -0.39 is 29.9 Å². The van der Waals surface area contributed by atoms with Crippen molar-refractivity contribution in [2.45, 2.75) is 12.1 Å². The largest absolute Gasteiger partial charge is 0.508 e. The van der Waals surface area contributed by atoms with Crippen LogP contribution in [0.25, 0.3) is 0 Å². The highest BCUT2D eigenvalue weighted by Crippen LogP contribution is 2.50. The highest BCUT2D eigenvalue weighted by Gasteiger charge is 2.61. The number of aromatic hydroxyl groups is 1. The standard InChI is InChI=1S/C24H20N2O5/c1-30-19-14-8-6-12-17(19)25-23(28)20-21(16-11-5-7-13-18(16)27)26(31-22(20)24(25)29)15-9-3-2-4-10-15/h2-14,20-22,27H,1H3/t20-,21-,22-/m0/s1. The second-order valence-corrected chi connectivity index (χ2v) is 7.40. The summed E-state index contributed by atoms with van der Waals surface area (Å²) in [4.78, 5) is 34.1. The zero-order chi connectivity index (χ0) is 21.5. The fraction of sp³-hybridized carbons (Fsp3) is 0.167. The molecule has 7 heteroatoms. The first-order valence-electron chi connectivity index (χ1n) is 9.91. The molecule has 2 amide bonds. The molecule has 3 aromatic carbocycles. The molecule has 5 rings (SSSR count). The maximum atomic E-state index is 13.6. The molecule has 0 saturated carbocycles. The molecule has 2 saturated heterocycles. The summed E-state index contributed by atoms with van der Waals surface area (Å²) in [5, 5.41) is 12.1.